The van der Waals surface area contributed by atoms with Gasteiger partial charge in [0.25, 0.3) is 0 Å². The second-order valence-corrected chi connectivity index (χ2v) is 8.85. The minimum absolute atomic E-state index is 0.0856. The molecule has 1 aliphatic rings. The Morgan fingerprint density at radius 3 is 2.58 bits per heavy atom. The van der Waals surface area contributed by atoms with Crippen LogP contribution in [0.4, 0.5) is 5.95 Å². The van der Waals surface area contributed by atoms with Crippen molar-refractivity contribution >= 4 is 15.8 Å². The number of piperidine rings is 1. The van der Waals surface area contributed by atoms with Gasteiger partial charge in [-0.2, -0.15) is 0 Å². The highest BCUT2D eigenvalue weighted by atomic mass is 32.2. The number of rotatable bonds is 5. The summed E-state index contributed by atoms with van der Waals surface area (Å²) in [6, 6.07) is 4.02. The molecule has 0 aromatic carbocycles. The van der Waals surface area contributed by atoms with Crippen molar-refractivity contribution in [1.29, 1.82) is 0 Å². The van der Waals surface area contributed by atoms with E-state index in [1.165, 1.54) is 12.5 Å². The standard InChI is InChI=1S/C18H25N5O2S/c1-12-7-14(8-13(2)22-12)9-20-18-21-11-16(26(3,24)25)17(23-18)15-5-4-6-19-10-15/h7-8,11,15,19H,4-6,9-10H2,1-3H3,(H,20,21,23). The van der Waals surface area contributed by atoms with Crippen molar-refractivity contribution in [3.8, 4) is 0 Å². The maximum absolute atomic E-state index is 12.1. The molecular formula is C18H25N5O2S. The molecular weight excluding hydrogens is 350 g/mol. The summed E-state index contributed by atoms with van der Waals surface area (Å²) in [5.74, 6) is 0.535. The topological polar surface area (TPSA) is 96.9 Å². The minimum atomic E-state index is -3.37. The number of anilines is 1. The van der Waals surface area contributed by atoms with Crippen LogP contribution in [-0.4, -0.2) is 42.7 Å². The number of hydrogen-bond acceptors (Lipinski definition) is 7. The SMILES string of the molecule is Cc1cc(CNc2ncc(S(C)(=O)=O)c(C3CCCNC3)n2)cc(C)n1. The normalized spacial score (nSPS) is 17.9. The number of aryl methyl sites for hydroxylation is 2. The molecule has 8 heteroatoms. The number of sulfone groups is 1. The Labute approximate surface area is 154 Å². The van der Waals surface area contributed by atoms with Gasteiger partial charge < -0.3 is 10.6 Å². The molecule has 0 amide bonds. The molecule has 0 saturated carbocycles. The highest BCUT2D eigenvalue weighted by Crippen LogP contribution is 2.28. The van der Waals surface area contributed by atoms with Crippen molar-refractivity contribution in [2.45, 2.75) is 44.0 Å². The molecule has 26 heavy (non-hydrogen) atoms. The largest absolute Gasteiger partial charge is 0.350 e. The van der Waals surface area contributed by atoms with Crippen LogP contribution >= 0.6 is 0 Å². The summed E-state index contributed by atoms with van der Waals surface area (Å²) in [6.45, 7) is 6.18. The zero-order valence-electron chi connectivity index (χ0n) is 15.4. The molecule has 1 saturated heterocycles. The predicted octanol–water partition coefficient (Wildman–Crippen LogP) is 1.97. The molecule has 0 spiro atoms. The van der Waals surface area contributed by atoms with Crippen molar-refractivity contribution < 1.29 is 8.42 Å². The molecule has 2 N–H and O–H groups in total. The van der Waals surface area contributed by atoms with Gasteiger partial charge in [-0.15, -0.1) is 0 Å². The van der Waals surface area contributed by atoms with E-state index in [1.807, 2.05) is 26.0 Å². The Balaban J connectivity index is 1.86. The molecule has 7 nitrogen and oxygen atoms in total. The Bertz CT molecular complexity index is 872. The molecule has 1 aliphatic heterocycles. The van der Waals surface area contributed by atoms with Crippen molar-refractivity contribution in [1.82, 2.24) is 20.3 Å². The van der Waals surface area contributed by atoms with Gasteiger partial charge >= 0.3 is 0 Å². The van der Waals surface area contributed by atoms with Crippen LogP contribution in [0, 0.1) is 13.8 Å². The van der Waals surface area contributed by atoms with Gasteiger partial charge in [-0.1, -0.05) is 0 Å². The van der Waals surface area contributed by atoms with Crippen LogP contribution in [0.15, 0.2) is 23.2 Å². The summed E-state index contributed by atoms with van der Waals surface area (Å²) >= 11 is 0. The number of aromatic nitrogens is 3. The molecule has 2 aromatic heterocycles. The van der Waals surface area contributed by atoms with Gasteiger partial charge in [0.2, 0.25) is 5.95 Å². The van der Waals surface area contributed by atoms with E-state index in [0.29, 0.717) is 18.2 Å². The van der Waals surface area contributed by atoms with Gasteiger partial charge in [0.15, 0.2) is 9.84 Å². The van der Waals surface area contributed by atoms with Crippen molar-refractivity contribution in [3.05, 3.63) is 41.0 Å². The van der Waals surface area contributed by atoms with Gasteiger partial charge in [-0.05, 0) is 50.9 Å². The monoisotopic (exact) mass is 375 g/mol. The Hall–Kier alpha value is -2.06. The van der Waals surface area contributed by atoms with Gasteiger partial charge in [0, 0.05) is 36.7 Å². The first-order valence-corrected chi connectivity index (χ1v) is 10.7. The molecule has 140 valence electrons. The van der Waals surface area contributed by atoms with E-state index >= 15 is 0 Å². The maximum Gasteiger partial charge on any atom is 0.223 e. The lowest BCUT2D eigenvalue weighted by atomic mass is 9.96. The maximum atomic E-state index is 12.1. The van der Waals surface area contributed by atoms with Crippen LogP contribution in [-0.2, 0) is 16.4 Å². The number of hydrogen-bond donors (Lipinski definition) is 2. The first-order valence-electron chi connectivity index (χ1n) is 8.78. The molecule has 3 heterocycles. The van der Waals surface area contributed by atoms with E-state index in [1.54, 1.807) is 0 Å². The predicted molar refractivity (Wildman–Crippen MR) is 101 cm³/mol. The van der Waals surface area contributed by atoms with E-state index in [9.17, 15) is 8.42 Å². The molecule has 0 aliphatic carbocycles. The van der Waals surface area contributed by atoms with E-state index in [4.69, 9.17) is 0 Å². The summed E-state index contributed by atoms with van der Waals surface area (Å²) in [6.07, 6.45) is 4.57. The summed E-state index contributed by atoms with van der Waals surface area (Å²) in [4.78, 5) is 13.4. The van der Waals surface area contributed by atoms with Gasteiger partial charge in [0.05, 0.1) is 11.9 Å². The summed E-state index contributed by atoms with van der Waals surface area (Å²) < 4.78 is 24.3. The fourth-order valence-electron chi connectivity index (χ4n) is 3.34. The third-order valence-electron chi connectivity index (χ3n) is 4.46. The minimum Gasteiger partial charge on any atom is -0.350 e. The quantitative estimate of drug-likeness (QED) is 0.824. The third kappa shape index (κ3) is 4.56. The second kappa shape index (κ2) is 7.67. The van der Waals surface area contributed by atoms with Crippen LogP contribution in [0.25, 0.3) is 0 Å². The van der Waals surface area contributed by atoms with Gasteiger partial charge in [-0.3, -0.25) is 4.98 Å². The fraction of sp³-hybridized carbons (Fsp3) is 0.500. The zero-order chi connectivity index (χ0) is 18.7. The average molecular weight is 375 g/mol. The molecule has 1 unspecified atom stereocenters. The first kappa shape index (κ1) is 18.7. The third-order valence-corrected chi connectivity index (χ3v) is 5.57. The molecule has 1 fully saturated rings. The number of nitrogens with one attached hydrogen (secondary N) is 2. The number of nitrogens with zero attached hydrogens (tertiary/aromatic N) is 3. The second-order valence-electron chi connectivity index (χ2n) is 6.87. The van der Waals surface area contributed by atoms with Gasteiger partial charge in [-0.25, -0.2) is 18.4 Å². The fourth-order valence-corrected chi connectivity index (χ4v) is 4.17. The van der Waals surface area contributed by atoms with E-state index < -0.39 is 9.84 Å². The van der Waals surface area contributed by atoms with Crippen LogP contribution in [0.1, 0.15) is 41.4 Å². The van der Waals surface area contributed by atoms with Gasteiger partial charge in [0.1, 0.15) is 4.90 Å². The highest BCUT2D eigenvalue weighted by molar-refractivity contribution is 7.90. The molecule has 0 bridgehead atoms. The van der Waals surface area contributed by atoms with Crippen molar-refractivity contribution in [2.75, 3.05) is 24.7 Å². The van der Waals surface area contributed by atoms with E-state index in [-0.39, 0.29) is 10.8 Å². The molecule has 1 atom stereocenters. The highest BCUT2D eigenvalue weighted by Gasteiger charge is 2.25. The molecule has 2 aromatic rings. The van der Waals surface area contributed by atoms with Crippen LogP contribution in [0.3, 0.4) is 0 Å². The number of pyridine rings is 1. The summed E-state index contributed by atoms with van der Waals surface area (Å²) in [7, 11) is -3.37. The Kier molecular flexibility index (Phi) is 5.52. The zero-order valence-corrected chi connectivity index (χ0v) is 16.2. The lowest BCUT2D eigenvalue weighted by molar-refractivity contribution is 0.448. The lowest BCUT2D eigenvalue weighted by Crippen LogP contribution is -2.30. The van der Waals surface area contributed by atoms with Crippen molar-refractivity contribution in [2.24, 2.45) is 0 Å². The summed E-state index contributed by atoms with van der Waals surface area (Å²) in [5.41, 5.74) is 3.62. The molecule has 0 radical (unpaired) electrons. The summed E-state index contributed by atoms with van der Waals surface area (Å²) in [5, 5.41) is 6.53. The van der Waals surface area contributed by atoms with E-state index in [0.717, 1.165) is 42.9 Å². The Morgan fingerprint density at radius 2 is 1.96 bits per heavy atom. The lowest BCUT2D eigenvalue weighted by Gasteiger charge is -2.24. The van der Waals surface area contributed by atoms with E-state index in [2.05, 4.69) is 25.6 Å². The molecule has 3 rings (SSSR count). The van der Waals surface area contributed by atoms with Crippen LogP contribution in [0.2, 0.25) is 0 Å². The van der Waals surface area contributed by atoms with Crippen LogP contribution < -0.4 is 10.6 Å². The van der Waals surface area contributed by atoms with Crippen LogP contribution in [0.5, 0.6) is 0 Å². The average Bonchev–Trinajstić information content (AvgIpc) is 2.59. The van der Waals surface area contributed by atoms with Crippen molar-refractivity contribution in [3.63, 3.8) is 0 Å². The smallest absolute Gasteiger partial charge is 0.223 e. The first-order chi connectivity index (χ1) is 12.3. The Morgan fingerprint density at radius 1 is 1.23 bits per heavy atom.